The molecule has 0 aliphatic carbocycles. The first kappa shape index (κ1) is 17.7. The van der Waals surface area contributed by atoms with Gasteiger partial charge in [-0.05, 0) is 18.6 Å². The zero-order chi connectivity index (χ0) is 20.0. The second kappa shape index (κ2) is 6.49. The van der Waals surface area contributed by atoms with Crippen LogP contribution in [0.1, 0.15) is 17.2 Å². The van der Waals surface area contributed by atoms with Gasteiger partial charge in [0.2, 0.25) is 0 Å². The van der Waals surface area contributed by atoms with Crippen molar-refractivity contribution in [2.24, 2.45) is 0 Å². The highest BCUT2D eigenvalue weighted by atomic mass is 16.6. The Hall–Kier alpha value is -3.68. The third-order valence-electron chi connectivity index (χ3n) is 5.12. The zero-order valence-electron chi connectivity index (χ0n) is 15.4. The molecule has 2 aliphatic heterocycles. The minimum Gasteiger partial charge on any atom is -0.327 e. The molecule has 4 rings (SSSR count). The van der Waals surface area contributed by atoms with Crippen LogP contribution >= 0.6 is 0 Å². The molecule has 0 spiro atoms. The van der Waals surface area contributed by atoms with Crippen LogP contribution in [0.2, 0.25) is 0 Å². The largest absolute Gasteiger partial charge is 0.327 e. The number of nitrogens with one attached hydrogen (secondary N) is 1. The molecule has 0 fully saturated rings. The number of aryl methyl sites for hydroxylation is 1. The van der Waals surface area contributed by atoms with Gasteiger partial charge in [-0.2, -0.15) is 0 Å². The van der Waals surface area contributed by atoms with E-state index in [4.69, 9.17) is 0 Å². The molecule has 0 saturated heterocycles. The molecule has 2 aromatic carbocycles. The maximum absolute atomic E-state index is 13.2. The molecule has 0 aromatic heterocycles. The number of nitro groups is 1. The molecule has 8 nitrogen and oxygen atoms in total. The maximum atomic E-state index is 13.2. The van der Waals surface area contributed by atoms with Gasteiger partial charge < -0.3 is 10.2 Å². The summed E-state index contributed by atoms with van der Waals surface area (Å²) in [6.45, 7) is 2.15. The smallest absolute Gasteiger partial charge is 0.322 e. The maximum Gasteiger partial charge on any atom is 0.322 e. The van der Waals surface area contributed by atoms with E-state index in [0.29, 0.717) is 17.0 Å². The van der Waals surface area contributed by atoms with Crippen molar-refractivity contribution in [1.82, 2.24) is 10.2 Å². The quantitative estimate of drug-likeness (QED) is 0.656. The minimum atomic E-state index is -0.560. The van der Waals surface area contributed by atoms with Gasteiger partial charge in [-0.1, -0.05) is 35.9 Å². The number of non-ortho nitro benzene ring substituents is 1. The first-order chi connectivity index (χ1) is 13.4. The summed E-state index contributed by atoms with van der Waals surface area (Å²) in [5.41, 5.74) is 3.31. The normalized spacial score (nSPS) is 19.0. The summed E-state index contributed by atoms with van der Waals surface area (Å²) in [6, 6.07) is 12.7. The van der Waals surface area contributed by atoms with Gasteiger partial charge in [0.25, 0.3) is 11.6 Å². The number of likely N-dealkylation sites (N-methyl/N-ethyl adjacent to an activating group) is 1. The summed E-state index contributed by atoms with van der Waals surface area (Å²) >= 11 is 0. The highest BCUT2D eigenvalue weighted by Gasteiger charge is 2.43. The fourth-order valence-corrected chi connectivity index (χ4v) is 3.56. The standard InChI is InChI=1S/C20H18N4O4/c1-12-6-8-13(9-7-12)18-17-16(22(2)20(26)21-18)11-23(19(17)25)14-4-3-5-15(10-14)24(27)28/h3-10,18H,11H2,1-2H3,(H,21,26). The Kier molecular flexibility index (Phi) is 4.11. The topological polar surface area (TPSA) is 95.8 Å². The lowest BCUT2D eigenvalue weighted by atomic mass is 9.95. The third kappa shape index (κ3) is 2.79. The van der Waals surface area contributed by atoms with E-state index in [1.54, 1.807) is 19.2 Å². The van der Waals surface area contributed by atoms with Crippen LogP contribution in [0.25, 0.3) is 0 Å². The number of carbonyl (C=O) groups excluding carboxylic acids is 2. The van der Waals surface area contributed by atoms with Gasteiger partial charge in [-0.15, -0.1) is 0 Å². The summed E-state index contributed by atoms with van der Waals surface area (Å²) < 4.78 is 0. The van der Waals surface area contributed by atoms with Crippen LogP contribution in [-0.4, -0.2) is 35.4 Å². The SMILES string of the molecule is Cc1ccc(C2NC(=O)N(C)C3=C2C(=O)N(c2cccc([N+](=O)[O-])c2)C3)cc1. The number of urea groups is 1. The Bertz CT molecular complexity index is 1030. The molecule has 142 valence electrons. The molecule has 1 atom stereocenters. The van der Waals surface area contributed by atoms with E-state index in [1.807, 2.05) is 31.2 Å². The van der Waals surface area contributed by atoms with E-state index in [2.05, 4.69) is 5.32 Å². The molecule has 1 N–H and O–H groups in total. The number of anilines is 1. The first-order valence-corrected chi connectivity index (χ1v) is 8.77. The number of rotatable bonds is 3. The Morgan fingerprint density at radius 3 is 2.54 bits per heavy atom. The number of hydrogen-bond acceptors (Lipinski definition) is 4. The van der Waals surface area contributed by atoms with Crippen LogP contribution in [0.15, 0.2) is 59.8 Å². The molecular formula is C20H18N4O4. The third-order valence-corrected chi connectivity index (χ3v) is 5.12. The Morgan fingerprint density at radius 2 is 1.86 bits per heavy atom. The van der Waals surface area contributed by atoms with E-state index in [9.17, 15) is 19.7 Å². The summed E-state index contributed by atoms with van der Waals surface area (Å²) in [7, 11) is 1.61. The van der Waals surface area contributed by atoms with Crippen LogP contribution in [0.5, 0.6) is 0 Å². The van der Waals surface area contributed by atoms with Gasteiger partial charge in [0.05, 0.1) is 34.5 Å². The molecular weight excluding hydrogens is 360 g/mol. The second-order valence-electron chi connectivity index (χ2n) is 6.88. The number of nitrogens with zero attached hydrogens (tertiary/aromatic N) is 3. The predicted octanol–water partition coefficient (Wildman–Crippen LogP) is 2.90. The average molecular weight is 378 g/mol. The molecule has 0 radical (unpaired) electrons. The monoisotopic (exact) mass is 378 g/mol. The number of benzene rings is 2. The number of nitro benzene ring substituents is 1. The highest BCUT2D eigenvalue weighted by molar-refractivity contribution is 6.11. The van der Waals surface area contributed by atoms with E-state index in [-0.39, 0.29) is 24.2 Å². The van der Waals surface area contributed by atoms with Crippen molar-refractivity contribution >= 4 is 23.3 Å². The van der Waals surface area contributed by atoms with E-state index in [1.165, 1.54) is 21.9 Å². The number of hydrogen-bond donors (Lipinski definition) is 1. The van der Waals surface area contributed by atoms with Crippen molar-refractivity contribution in [1.29, 1.82) is 0 Å². The van der Waals surface area contributed by atoms with Crippen LogP contribution in [-0.2, 0) is 4.79 Å². The predicted molar refractivity (Wildman–Crippen MR) is 103 cm³/mol. The average Bonchev–Trinajstić information content (AvgIpc) is 3.03. The van der Waals surface area contributed by atoms with Crippen molar-refractivity contribution in [2.45, 2.75) is 13.0 Å². The molecule has 0 saturated carbocycles. The van der Waals surface area contributed by atoms with E-state index in [0.717, 1.165) is 11.1 Å². The molecule has 2 aliphatic rings. The molecule has 28 heavy (non-hydrogen) atoms. The molecule has 2 aromatic rings. The molecule has 8 heteroatoms. The zero-order valence-corrected chi connectivity index (χ0v) is 15.4. The Balaban J connectivity index is 1.75. The summed E-state index contributed by atoms with van der Waals surface area (Å²) in [4.78, 5) is 39.2. The second-order valence-corrected chi connectivity index (χ2v) is 6.88. The lowest BCUT2D eigenvalue weighted by Gasteiger charge is -2.31. The van der Waals surface area contributed by atoms with Gasteiger partial charge in [0, 0.05) is 19.2 Å². The van der Waals surface area contributed by atoms with Crippen LogP contribution in [0, 0.1) is 17.0 Å². The van der Waals surface area contributed by atoms with Gasteiger partial charge in [-0.3, -0.25) is 19.8 Å². The molecule has 0 bridgehead atoms. The Labute approximate surface area is 161 Å². The van der Waals surface area contributed by atoms with Gasteiger partial charge in [0.15, 0.2) is 0 Å². The summed E-state index contributed by atoms with van der Waals surface area (Å²) in [5, 5.41) is 14.0. The van der Waals surface area contributed by atoms with Crippen LogP contribution in [0.4, 0.5) is 16.2 Å². The molecule has 2 heterocycles. The summed E-state index contributed by atoms with van der Waals surface area (Å²) in [5.74, 6) is -0.270. The van der Waals surface area contributed by atoms with Crippen molar-refractivity contribution in [2.75, 3.05) is 18.5 Å². The minimum absolute atomic E-state index is 0.0900. The highest BCUT2D eigenvalue weighted by Crippen LogP contribution is 2.38. The van der Waals surface area contributed by atoms with Crippen molar-refractivity contribution in [3.63, 3.8) is 0 Å². The summed E-state index contributed by atoms with van der Waals surface area (Å²) in [6.07, 6.45) is 0. The van der Waals surface area contributed by atoms with Crippen LogP contribution < -0.4 is 10.2 Å². The van der Waals surface area contributed by atoms with Gasteiger partial charge >= 0.3 is 6.03 Å². The fraction of sp³-hybridized carbons (Fsp3) is 0.200. The van der Waals surface area contributed by atoms with Crippen LogP contribution in [0.3, 0.4) is 0 Å². The van der Waals surface area contributed by atoms with Gasteiger partial charge in [0.1, 0.15) is 0 Å². The first-order valence-electron chi connectivity index (χ1n) is 8.77. The van der Waals surface area contributed by atoms with Crippen molar-refractivity contribution < 1.29 is 14.5 Å². The van der Waals surface area contributed by atoms with Crippen molar-refractivity contribution in [3.05, 3.63) is 81.0 Å². The van der Waals surface area contributed by atoms with Crippen molar-refractivity contribution in [3.8, 4) is 0 Å². The van der Waals surface area contributed by atoms with E-state index >= 15 is 0 Å². The Morgan fingerprint density at radius 1 is 1.14 bits per heavy atom. The molecule has 3 amide bonds. The number of amides is 3. The lowest BCUT2D eigenvalue weighted by molar-refractivity contribution is -0.384. The molecule has 1 unspecified atom stereocenters. The fourth-order valence-electron chi connectivity index (χ4n) is 3.56. The number of carbonyl (C=O) groups is 2. The lowest BCUT2D eigenvalue weighted by Crippen LogP contribution is -2.45. The van der Waals surface area contributed by atoms with E-state index < -0.39 is 11.0 Å². The van der Waals surface area contributed by atoms with Gasteiger partial charge in [-0.25, -0.2) is 4.79 Å².